The van der Waals surface area contributed by atoms with Gasteiger partial charge < -0.3 is 19.7 Å². The van der Waals surface area contributed by atoms with Crippen molar-refractivity contribution in [2.75, 3.05) is 26.1 Å². The minimum Gasteiger partial charge on any atom is -0.493 e. The van der Waals surface area contributed by atoms with E-state index in [1.54, 1.807) is 31.4 Å². The third-order valence-electron chi connectivity index (χ3n) is 3.90. The number of carbonyl (C=O) groups is 2. The molecule has 24 heavy (non-hydrogen) atoms. The molecule has 0 fully saturated rings. The number of hydrogen-bond donors (Lipinski definition) is 1. The number of carbonyl (C=O) groups excluding carboxylic acids is 2. The van der Waals surface area contributed by atoms with E-state index in [1.165, 1.54) is 12.0 Å². The lowest BCUT2D eigenvalue weighted by molar-refractivity contribution is -0.116. The number of anilines is 1. The molecular weight excluding hydrogens is 308 g/mol. The highest BCUT2D eigenvalue weighted by Crippen LogP contribution is 2.29. The summed E-state index contributed by atoms with van der Waals surface area (Å²) in [5.41, 5.74) is 2.19. The second kappa shape index (κ2) is 6.62. The normalized spacial score (nSPS) is 12.8. The summed E-state index contributed by atoms with van der Waals surface area (Å²) in [7, 11) is 3.08. The summed E-state index contributed by atoms with van der Waals surface area (Å²) in [6, 6.07) is 12.5. The predicted molar refractivity (Wildman–Crippen MR) is 89.4 cm³/mol. The van der Waals surface area contributed by atoms with Crippen LogP contribution < -0.4 is 14.8 Å². The number of methoxy groups -OCH3 is 2. The molecule has 0 saturated carbocycles. The highest BCUT2D eigenvalue weighted by molar-refractivity contribution is 6.02. The summed E-state index contributed by atoms with van der Waals surface area (Å²) in [6.07, 6.45) is 0. The van der Waals surface area contributed by atoms with Crippen LogP contribution in [0, 0.1) is 0 Å². The maximum Gasteiger partial charge on any atom is 0.254 e. The smallest absolute Gasteiger partial charge is 0.254 e. The van der Waals surface area contributed by atoms with Crippen molar-refractivity contribution < 1.29 is 19.1 Å². The Balaban J connectivity index is 1.66. The predicted octanol–water partition coefficient (Wildman–Crippen LogP) is 2.30. The van der Waals surface area contributed by atoms with Crippen LogP contribution in [0.25, 0.3) is 0 Å². The van der Waals surface area contributed by atoms with E-state index in [2.05, 4.69) is 5.32 Å². The molecule has 1 heterocycles. The molecule has 1 aliphatic rings. The van der Waals surface area contributed by atoms with Gasteiger partial charge in [-0.05, 0) is 23.8 Å². The minimum atomic E-state index is -0.261. The molecule has 0 bridgehead atoms. The second-order valence-corrected chi connectivity index (χ2v) is 5.44. The summed E-state index contributed by atoms with van der Waals surface area (Å²) >= 11 is 0. The van der Waals surface area contributed by atoms with Gasteiger partial charge in [0.05, 0.1) is 14.2 Å². The summed E-state index contributed by atoms with van der Waals surface area (Å²) in [5, 5.41) is 2.77. The van der Waals surface area contributed by atoms with E-state index in [1.807, 2.05) is 18.2 Å². The van der Waals surface area contributed by atoms with Crippen molar-refractivity contribution in [3.05, 3.63) is 53.6 Å². The first kappa shape index (κ1) is 15.9. The Morgan fingerprint density at radius 1 is 1.12 bits per heavy atom. The Morgan fingerprint density at radius 3 is 2.58 bits per heavy atom. The number of fused-ring (bicyclic) bond motifs is 1. The monoisotopic (exact) mass is 326 g/mol. The molecular formula is C18H18N2O4. The van der Waals surface area contributed by atoms with Crippen molar-refractivity contribution in [1.82, 2.24) is 4.90 Å². The zero-order valence-corrected chi connectivity index (χ0v) is 13.5. The van der Waals surface area contributed by atoms with E-state index >= 15 is 0 Å². The van der Waals surface area contributed by atoms with Crippen LogP contribution in [-0.4, -0.2) is 37.5 Å². The van der Waals surface area contributed by atoms with Crippen LogP contribution in [0.2, 0.25) is 0 Å². The first-order chi connectivity index (χ1) is 11.6. The number of nitrogens with zero attached hydrogens (tertiary/aromatic N) is 1. The Hall–Kier alpha value is -3.02. The van der Waals surface area contributed by atoms with Crippen LogP contribution in [-0.2, 0) is 11.3 Å². The fourth-order valence-electron chi connectivity index (χ4n) is 2.73. The lowest BCUT2D eigenvalue weighted by atomic mass is 10.1. The van der Waals surface area contributed by atoms with Gasteiger partial charge in [-0.3, -0.25) is 9.59 Å². The van der Waals surface area contributed by atoms with Crippen molar-refractivity contribution in [1.29, 1.82) is 0 Å². The van der Waals surface area contributed by atoms with Gasteiger partial charge in [-0.2, -0.15) is 0 Å². The summed E-state index contributed by atoms with van der Waals surface area (Å²) in [5.74, 6) is 0.733. The highest BCUT2D eigenvalue weighted by Gasteiger charge is 2.28. The van der Waals surface area contributed by atoms with Crippen LogP contribution >= 0.6 is 0 Å². The van der Waals surface area contributed by atoms with Gasteiger partial charge in [0.25, 0.3) is 5.91 Å². The maximum atomic E-state index is 12.3. The van der Waals surface area contributed by atoms with Gasteiger partial charge in [-0.25, -0.2) is 0 Å². The Labute approximate surface area is 140 Å². The molecule has 0 atom stereocenters. The Kier molecular flexibility index (Phi) is 4.37. The minimum absolute atomic E-state index is 0.00184. The topological polar surface area (TPSA) is 67.9 Å². The average Bonchev–Trinajstić information content (AvgIpc) is 2.91. The Morgan fingerprint density at radius 2 is 1.88 bits per heavy atom. The quantitative estimate of drug-likeness (QED) is 0.915. The average molecular weight is 326 g/mol. The molecule has 0 saturated heterocycles. The molecule has 0 aliphatic carbocycles. The van der Waals surface area contributed by atoms with Gasteiger partial charge in [-0.1, -0.05) is 18.2 Å². The van der Waals surface area contributed by atoms with E-state index in [-0.39, 0.29) is 18.4 Å². The molecule has 2 aromatic carbocycles. The molecule has 0 aromatic heterocycles. The zero-order valence-electron chi connectivity index (χ0n) is 13.5. The summed E-state index contributed by atoms with van der Waals surface area (Å²) < 4.78 is 10.4. The molecule has 3 rings (SSSR count). The van der Waals surface area contributed by atoms with Gasteiger partial charge in [0, 0.05) is 23.9 Å². The van der Waals surface area contributed by atoms with Crippen molar-refractivity contribution in [3.63, 3.8) is 0 Å². The lowest BCUT2D eigenvalue weighted by Gasteiger charge is -2.16. The third kappa shape index (κ3) is 3.03. The van der Waals surface area contributed by atoms with Crippen molar-refractivity contribution >= 4 is 17.5 Å². The van der Waals surface area contributed by atoms with Crippen molar-refractivity contribution in [2.24, 2.45) is 0 Å². The van der Waals surface area contributed by atoms with Gasteiger partial charge in [-0.15, -0.1) is 0 Å². The van der Waals surface area contributed by atoms with Gasteiger partial charge in [0.15, 0.2) is 11.5 Å². The van der Waals surface area contributed by atoms with Crippen LogP contribution in [0.1, 0.15) is 15.9 Å². The molecule has 1 aliphatic heterocycles. The van der Waals surface area contributed by atoms with Crippen LogP contribution in [0.15, 0.2) is 42.5 Å². The molecule has 2 aromatic rings. The van der Waals surface area contributed by atoms with Crippen molar-refractivity contribution in [2.45, 2.75) is 6.54 Å². The summed E-state index contributed by atoms with van der Waals surface area (Å²) in [6.45, 7) is 0.455. The van der Waals surface area contributed by atoms with Crippen LogP contribution in [0.4, 0.5) is 5.69 Å². The van der Waals surface area contributed by atoms with Gasteiger partial charge >= 0.3 is 0 Å². The number of amides is 2. The molecule has 6 nitrogen and oxygen atoms in total. The van der Waals surface area contributed by atoms with Crippen LogP contribution in [0.3, 0.4) is 0 Å². The molecule has 124 valence electrons. The summed E-state index contributed by atoms with van der Waals surface area (Å²) in [4.78, 5) is 26.0. The van der Waals surface area contributed by atoms with Crippen molar-refractivity contribution in [3.8, 4) is 11.5 Å². The number of hydrogen-bond acceptors (Lipinski definition) is 4. The maximum absolute atomic E-state index is 12.3. The largest absolute Gasteiger partial charge is 0.493 e. The molecule has 6 heteroatoms. The number of benzene rings is 2. The fraction of sp³-hybridized carbons (Fsp3) is 0.222. The number of ether oxygens (including phenoxy) is 2. The Bertz CT molecular complexity index is 788. The zero-order chi connectivity index (χ0) is 17.1. The SMILES string of the molecule is COc1ccc(NC(=O)CN2Cc3ccccc3C2=O)cc1OC. The first-order valence-electron chi connectivity index (χ1n) is 7.51. The van der Waals surface area contributed by atoms with Crippen LogP contribution in [0.5, 0.6) is 11.5 Å². The highest BCUT2D eigenvalue weighted by atomic mass is 16.5. The van der Waals surface area contributed by atoms with E-state index in [4.69, 9.17) is 9.47 Å². The molecule has 0 radical (unpaired) electrons. The fourth-order valence-corrected chi connectivity index (χ4v) is 2.73. The lowest BCUT2D eigenvalue weighted by Crippen LogP contribution is -2.33. The molecule has 0 unspecified atom stereocenters. The molecule has 0 spiro atoms. The van der Waals surface area contributed by atoms with Gasteiger partial charge in [0.2, 0.25) is 5.91 Å². The third-order valence-corrected chi connectivity index (χ3v) is 3.90. The van der Waals surface area contributed by atoms with E-state index in [0.29, 0.717) is 29.3 Å². The van der Waals surface area contributed by atoms with Gasteiger partial charge in [0.1, 0.15) is 6.54 Å². The van der Waals surface area contributed by atoms with E-state index in [0.717, 1.165) is 5.56 Å². The number of nitrogens with one attached hydrogen (secondary N) is 1. The molecule has 1 N–H and O–H groups in total. The standard InChI is InChI=1S/C18H18N2O4/c1-23-15-8-7-13(9-16(15)24-2)19-17(21)11-20-10-12-5-3-4-6-14(12)18(20)22/h3-9H,10-11H2,1-2H3,(H,19,21). The second-order valence-electron chi connectivity index (χ2n) is 5.44. The van der Waals surface area contributed by atoms with E-state index < -0.39 is 0 Å². The first-order valence-corrected chi connectivity index (χ1v) is 7.51. The molecule has 2 amide bonds. The van der Waals surface area contributed by atoms with E-state index in [9.17, 15) is 9.59 Å². The number of rotatable bonds is 5.